The fourth-order valence-corrected chi connectivity index (χ4v) is 6.58. The Morgan fingerprint density at radius 1 is 0.824 bits per heavy atom. The number of amides is 1. The van der Waals surface area contributed by atoms with Crippen LogP contribution in [-0.2, 0) is 14.9 Å². The molecule has 1 amide bonds. The largest absolute Gasteiger partial charge is 0.456 e. The summed E-state index contributed by atoms with van der Waals surface area (Å²) in [6.07, 6.45) is 18.9. The summed E-state index contributed by atoms with van der Waals surface area (Å²) >= 11 is 0. The van der Waals surface area contributed by atoms with Gasteiger partial charge in [-0.05, 0) is 55.3 Å². The molecule has 4 rings (SSSR count). The van der Waals surface area contributed by atoms with Gasteiger partial charge in [-0.1, -0.05) is 115 Å². The van der Waals surface area contributed by atoms with Gasteiger partial charge in [-0.25, -0.2) is 0 Å². The fraction of sp³-hybridized carbons (Fsp3) is 0.474. The lowest BCUT2D eigenvalue weighted by molar-refractivity contribution is -0.384. The van der Waals surface area contributed by atoms with Crippen molar-refractivity contribution < 1.29 is 27.4 Å². The van der Waals surface area contributed by atoms with Crippen molar-refractivity contribution >= 4 is 38.8 Å². The molecule has 3 aromatic carbocycles. The highest BCUT2D eigenvalue weighted by atomic mass is 32.2. The topological polar surface area (TPSA) is 164 Å². The third-order valence-electron chi connectivity index (χ3n) is 8.79. The molecule has 51 heavy (non-hydrogen) atoms. The molecule has 0 spiro atoms. The number of carbonyl (C=O) groups excluding carboxylic acids is 1. The molecule has 274 valence electrons. The van der Waals surface area contributed by atoms with Gasteiger partial charge in [0.05, 0.1) is 22.0 Å². The Hall–Kier alpha value is -4.49. The Morgan fingerprint density at radius 3 is 1.94 bits per heavy atom. The maximum absolute atomic E-state index is 13.7. The van der Waals surface area contributed by atoms with E-state index in [0.29, 0.717) is 23.6 Å². The lowest BCUT2D eigenvalue weighted by atomic mass is 10.0. The monoisotopic (exact) mass is 719 g/mol. The molecule has 0 radical (unpaired) electrons. The van der Waals surface area contributed by atoms with Gasteiger partial charge in [-0.2, -0.15) is 28.8 Å². The van der Waals surface area contributed by atoms with Crippen LogP contribution in [0.3, 0.4) is 0 Å². The maximum atomic E-state index is 13.7. The molecule has 0 fully saturated rings. The van der Waals surface area contributed by atoms with Crippen molar-refractivity contribution in [3.05, 3.63) is 82.9 Å². The number of nitro groups is 1. The van der Waals surface area contributed by atoms with E-state index in [0.717, 1.165) is 36.8 Å². The van der Waals surface area contributed by atoms with Crippen LogP contribution >= 0.6 is 0 Å². The number of nitro benzene ring substituents is 1. The van der Waals surface area contributed by atoms with E-state index in [9.17, 15) is 27.9 Å². The van der Waals surface area contributed by atoms with Crippen LogP contribution in [0.2, 0.25) is 0 Å². The zero-order valence-corrected chi connectivity index (χ0v) is 30.2. The minimum Gasteiger partial charge on any atom is -0.456 e. The predicted octanol–water partition coefficient (Wildman–Crippen LogP) is 10.8. The Labute approximate surface area is 300 Å². The summed E-state index contributed by atoms with van der Waals surface area (Å²) in [4.78, 5) is 23.7. The number of non-ortho nitro benzene ring substituents is 1. The Kier molecular flexibility index (Phi) is 15.7. The van der Waals surface area contributed by atoms with Gasteiger partial charge in [0.15, 0.2) is 6.04 Å². The van der Waals surface area contributed by atoms with Gasteiger partial charge in [0.2, 0.25) is 0 Å². The third kappa shape index (κ3) is 12.7. The molecule has 1 heterocycles. The molecule has 0 aromatic heterocycles. The van der Waals surface area contributed by atoms with Crippen molar-refractivity contribution in [2.24, 2.45) is 15.3 Å². The fourth-order valence-electron chi connectivity index (χ4n) is 5.95. The van der Waals surface area contributed by atoms with E-state index in [1.54, 1.807) is 30.3 Å². The number of anilines is 1. The van der Waals surface area contributed by atoms with Gasteiger partial charge < -0.3 is 4.74 Å². The molecule has 1 unspecified atom stereocenters. The Balaban J connectivity index is 1.38. The van der Waals surface area contributed by atoms with E-state index in [-0.39, 0.29) is 17.1 Å². The van der Waals surface area contributed by atoms with Crippen molar-refractivity contribution in [1.29, 1.82) is 0 Å². The zero-order chi connectivity index (χ0) is 36.5. The molecule has 13 heteroatoms. The molecule has 1 N–H and O–H groups in total. The lowest BCUT2D eigenvalue weighted by Gasteiger charge is -2.15. The first-order valence-corrected chi connectivity index (χ1v) is 19.5. The average molecular weight is 720 g/mol. The van der Waals surface area contributed by atoms with Crippen molar-refractivity contribution in [3.8, 4) is 11.5 Å². The average Bonchev–Trinajstić information content (AvgIpc) is 3.43. The molecule has 3 aromatic rings. The predicted molar refractivity (Wildman–Crippen MR) is 199 cm³/mol. The second kappa shape index (κ2) is 20.4. The first kappa shape index (κ1) is 39.3. The molecule has 0 aliphatic carbocycles. The number of ether oxygens (including phenoxy) is 1. The highest BCUT2D eigenvalue weighted by molar-refractivity contribution is 7.86. The standard InChI is InChI=1S/C38H49N5O7S/c1-2-3-4-5-6-7-8-9-10-11-12-13-14-15-19-22-34-37(40-39-30-23-25-31(26-24-30)43(45)46)38(44)42(41-34)32-27-28-35(36(29-32)51(47,48)49)50-33-20-17-16-18-21-33/h16-18,20-21,23-29,37H,2-15,19,22H2,1H3,(H,47,48,49). The van der Waals surface area contributed by atoms with Crippen LogP contribution in [0, 0.1) is 10.1 Å². The van der Waals surface area contributed by atoms with Gasteiger partial charge in [0, 0.05) is 12.1 Å². The summed E-state index contributed by atoms with van der Waals surface area (Å²) < 4.78 is 40.5. The molecule has 0 bridgehead atoms. The van der Waals surface area contributed by atoms with E-state index in [1.807, 2.05) is 0 Å². The van der Waals surface area contributed by atoms with Gasteiger partial charge in [0.1, 0.15) is 16.4 Å². The number of unbranched alkanes of at least 4 members (excludes halogenated alkanes) is 14. The second-order valence-corrected chi connectivity index (χ2v) is 14.2. The van der Waals surface area contributed by atoms with Crippen LogP contribution in [0.15, 0.2) is 93.0 Å². The normalized spacial score (nSPS) is 14.7. The van der Waals surface area contributed by atoms with Gasteiger partial charge in [0.25, 0.3) is 21.7 Å². The highest BCUT2D eigenvalue weighted by Gasteiger charge is 2.37. The van der Waals surface area contributed by atoms with E-state index in [2.05, 4.69) is 22.3 Å². The van der Waals surface area contributed by atoms with Gasteiger partial charge in [-0.15, -0.1) is 0 Å². The number of hydrogen-bond donors (Lipinski definition) is 1. The number of carbonyl (C=O) groups is 1. The highest BCUT2D eigenvalue weighted by Crippen LogP contribution is 2.34. The van der Waals surface area contributed by atoms with E-state index < -0.39 is 31.9 Å². The second-order valence-electron chi connectivity index (χ2n) is 12.9. The number of hydrazone groups is 1. The van der Waals surface area contributed by atoms with Crippen LogP contribution < -0.4 is 9.75 Å². The lowest BCUT2D eigenvalue weighted by Crippen LogP contribution is -2.30. The molecule has 1 aliphatic rings. The van der Waals surface area contributed by atoms with Crippen LogP contribution in [0.5, 0.6) is 11.5 Å². The Morgan fingerprint density at radius 2 is 1.39 bits per heavy atom. The first-order chi connectivity index (χ1) is 24.7. The van der Waals surface area contributed by atoms with E-state index >= 15 is 0 Å². The number of hydrogen-bond acceptors (Lipinski definition) is 9. The maximum Gasteiger partial charge on any atom is 0.298 e. The molecular formula is C38H49N5O7S. The minimum atomic E-state index is -4.75. The quantitative estimate of drug-likeness (QED) is 0.0335. The number of rotatable bonds is 23. The first-order valence-electron chi connectivity index (χ1n) is 18.1. The Bertz CT molecular complexity index is 1730. The van der Waals surface area contributed by atoms with Gasteiger partial charge >= 0.3 is 0 Å². The van der Waals surface area contributed by atoms with Crippen molar-refractivity contribution in [2.45, 2.75) is 121 Å². The molecule has 1 atom stereocenters. The molecule has 1 aliphatic heterocycles. The van der Waals surface area contributed by atoms with Crippen LogP contribution in [0.4, 0.5) is 17.1 Å². The third-order valence-corrected chi connectivity index (χ3v) is 9.67. The summed E-state index contributed by atoms with van der Waals surface area (Å²) in [5.74, 6) is -0.298. The summed E-state index contributed by atoms with van der Waals surface area (Å²) in [7, 11) is -4.75. The van der Waals surface area contributed by atoms with Crippen LogP contribution in [0.1, 0.15) is 110 Å². The van der Waals surface area contributed by atoms with Crippen molar-refractivity contribution in [2.75, 3.05) is 5.01 Å². The summed E-state index contributed by atoms with van der Waals surface area (Å²) in [6.45, 7) is 2.25. The number of azo groups is 1. The van der Waals surface area contributed by atoms with E-state index in [1.165, 1.54) is 107 Å². The summed E-state index contributed by atoms with van der Waals surface area (Å²) in [5, 5.41) is 25.1. The molecular weight excluding hydrogens is 671 g/mol. The summed E-state index contributed by atoms with van der Waals surface area (Å²) in [6, 6.07) is 16.9. The van der Waals surface area contributed by atoms with Crippen molar-refractivity contribution in [1.82, 2.24) is 0 Å². The molecule has 0 saturated carbocycles. The van der Waals surface area contributed by atoms with Gasteiger partial charge in [-0.3, -0.25) is 19.5 Å². The zero-order valence-electron chi connectivity index (χ0n) is 29.4. The number of benzene rings is 3. The minimum absolute atomic E-state index is 0.0955. The number of nitrogens with zero attached hydrogens (tertiary/aromatic N) is 5. The number of para-hydroxylation sites is 1. The summed E-state index contributed by atoms with van der Waals surface area (Å²) in [5.41, 5.74) is 0.810. The van der Waals surface area contributed by atoms with Crippen LogP contribution in [-0.4, -0.2) is 35.6 Å². The van der Waals surface area contributed by atoms with Crippen molar-refractivity contribution in [3.63, 3.8) is 0 Å². The molecule has 0 saturated heterocycles. The molecule has 12 nitrogen and oxygen atoms in total. The smallest absolute Gasteiger partial charge is 0.298 e. The van der Waals surface area contributed by atoms with Crippen LogP contribution in [0.25, 0.3) is 0 Å². The SMILES string of the molecule is CCCCCCCCCCCCCCCCCC1=NN(c2ccc(Oc3ccccc3)c(S(=O)(=O)O)c2)C(=O)C1N=Nc1ccc([N+](=O)[O-])cc1. The van der Waals surface area contributed by atoms with E-state index in [4.69, 9.17) is 4.74 Å².